The third-order valence-corrected chi connectivity index (χ3v) is 6.38. The zero-order valence-electron chi connectivity index (χ0n) is 14.8. The van der Waals surface area contributed by atoms with Crippen LogP contribution in [-0.4, -0.2) is 26.8 Å². The van der Waals surface area contributed by atoms with Gasteiger partial charge in [0.25, 0.3) is 0 Å². The predicted octanol–water partition coefficient (Wildman–Crippen LogP) is 5.06. The first-order valence-electron chi connectivity index (χ1n) is 8.70. The highest BCUT2D eigenvalue weighted by molar-refractivity contribution is 9.10. The van der Waals surface area contributed by atoms with Crippen LogP contribution in [0, 0.1) is 0 Å². The van der Waals surface area contributed by atoms with Crippen molar-refractivity contribution in [2.45, 2.75) is 44.0 Å². The minimum atomic E-state index is -3.20. The van der Waals surface area contributed by atoms with Crippen LogP contribution in [0.15, 0.2) is 57.9 Å². The smallest absolute Gasteiger partial charge is 0.178 e. The number of unbranched alkanes of at least 4 members (excludes halogenated alkanes) is 2. The van der Waals surface area contributed by atoms with E-state index in [2.05, 4.69) is 35.1 Å². The van der Waals surface area contributed by atoms with E-state index in [1.54, 1.807) is 12.1 Å². The van der Waals surface area contributed by atoms with E-state index in [0.717, 1.165) is 35.0 Å². The van der Waals surface area contributed by atoms with Crippen LogP contribution in [0.3, 0.4) is 0 Å². The maximum atomic E-state index is 12.4. The predicted molar refractivity (Wildman–Crippen MR) is 109 cm³/mol. The molecule has 5 heteroatoms. The van der Waals surface area contributed by atoms with Gasteiger partial charge in [0.05, 0.1) is 10.6 Å². The maximum Gasteiger partial charge on any atom is 0.178 e. The largest absolute Gasteiger partial charge is 0.315 e. The molecule has 2 rings (SSSR count). The lowest BCUT2D eigenvalue weighted by Gasteiger charge is -2.08. The molecule has 0 saturated heterocycles. The van der Waals surface area contributed by atoms with Crippen molar-refractivity contribution in [1.29, 1.82) is 0 Å². The van der Waals surface area contributed by atoms with E-state index in [1.807, 2.05) is 36.4 Å². The van der Waals surface area contributed by atoms with Gasteiger partial charge in [0.15, 0.2) is 9.84 Å². The van der Waals surface area contributed by atoms with Gasteiger partial charge in [0.1, 0.15) is 0 Å². The summed E-state index contributed by atoms with van der Waals surface area (Å²) in [5.41, 5.74) is 2.09. The first-order chi connectivity index (χ1) is 11.9. The SMILES string of the molecule is CC(C)NCCCCCS(=O)(=O)c1ccc(-c2ccc(Br)cc2)cc1. The van der Waals surface area contributed by atoms with E-state index in [-0.39, 0.29) is 5.75 Å². The molecule has 0 saturated carbocycles. The Bertz CT molecular complexity index is 753. The van der Waals surface area contributed by atoms with Crippen molar-refractivity contribution in [1.82, 2.24) is 5.32 Å². The van der Waals surface area contributed by atoms with Crippen LogP contribution in [0.4, 0.5) is 0 Å². The molecule has 0 heterocycles. The molecule has 0 fully saturated rings. The molecule has 0 amide bonds. The van der Waals surface area contributed by atoms with Crippen LogP contribution in [-0.2, 0) is 9.84 Å². The van der Waals surface area contributed by atoms with Crippen LogP contribution >= 0.6 is 15.9 Å². The summed E-state index contributed by atoms with van der Waals surface area (Å²) in [6.07, 6.45) is 2.64. The molecule has 3 nitrogen and oxygen atoms in total. The van der Waals surface area contributed by atoms with Gasteiger partial charge in [-0.1, -0.05) is 60.5 Å². The summed E-state index contributed by atoms with van der Waals surface area (Å²) in [6.45, 7) is 5.17. The standard InChI is InChI=1S/C20H26BrNO2S/c1-16(2)22-14-4-3-5-15-25(23,24)20-12-8-18(9-13-20)17-6-10-19(21)11-7-17/h6-13,16,22H,3-5,14-15H2,1-2H3. The first kappa shape index (κ1) is 20.1. The van der Waals surface area contributed by atoms with Crippen molar-refractivity contribution < 1.29 is 8.42 Å². The molecule has 2 aromatic rings. The molecule has 1 N–H and O–H groups in total. The fourth-order valence-corrected chi connectivity index (χ4v) is 4.23. The monoisotopic (exact) mass is 423 g/mol. The van der Waals surface area contributed by atoms with Crippen molar-refractivity contribution in [2.24, 2.45) is 0 Å². The minimum absolute atomic E-state index is 0.215. The molecule has 0 unspecified atom stereocenters. The van der Waals surface area contributed by atoms with Crippen molar-refractivity contribution in [3.63, 3.8) is 0 Å². The number of hydrogen-bond acceptors (Lipinski definition) is 3. The van der Waals surface area contributed by atoms with Crippen molar-refractivity contribution in [3.8, 4) is 11.1 Å². The Labute approximate surface area is 159 Å². The highest BCUT2D eigenvalue weighted by Crippen LogP contribution is 2.24. The van der Waals surface area contributed by atoms with Crippen LogP contribution in [0.5, 0.6) is 0 Å². The van der Waals surface area contributed by atoms with E-state index in [0.29, 0.717) is 17.4 Å². The molecule has 25 heavy (non-hydrogen) atoms. The second kappa shape index (κ2) is 9.51. The van der Waals surface area contributed by atoms with Gasteiger partial charge in [-0.3, -0.25) is 0 Å². The maximum absolute atomic E-state index is 12.4. The van der Waals surface area contributed by atoms with Crippen LogP contribution < -0.4 is 5.32 Å². The number of benzene rings is 2. The fraction of sp³-hybridized carbons (Fsp3) is 0.400. The first-order valence-corrected chi connectivity index (χ1v) is 11.2. The summed E-state index contributed by atoms with van der Waals surface area (Å²) >= 11 is 3.42. The molecule has 0 aliphatic carbocycles. The van der Waals surface area contributed by atoms with Gasteiger partial charge in [-0.05, 0) is 54.8 Å². The Morgan fingerprint density at radius 1 is 0.880 bits per heavy atom. The van der Waals surface area contributed by atoms with Crippen molar-refractivity contribution in [3.05, 3.63) is 53.0 Å². The molecular weight excluding hydrogens is 398 g/mol. The Balaban J connectivity index is 1.90. The Kier molecular flexibility index (Phi) is 7.66. The molecular formula is C20H26BrNO2S. The third kappa shape index (κ3) is 6.57. The lowest BCUT2D eigenvalue weighted by molar-refractivity contribution is 0.550. The van der Waals surface area contributed by atoms with E-state index in [1.165, 1.54) is 0 Å². The zero-order valence-corrected chi connectivity index (χ0v) is 17.2. The van der Waals surface area contributed by atoms with Gasteiger partial charge in [-0.15, -0.1) is 0 Å². The second-order valence-electron chi connectivity index (χ2n) is 6.52. The molecule has 0 bridgehead atoms. The number of nitrogens with one attached hydrogen (secondary N) is 1. The van der Waals surface area contributed by atoms with Crippen molar-refractivity contribution in [2.75, 3.05) is 12.3 Å². The normalized spacial score (nSPS) is 11.8. The molecule has 0 atom stereocenters. The van der Waals surface area contributed by atoms with Gasteiger partial charge in [0, 0.05) is 10.5 Å². The molecule has 0 spiro atoms. The number of rotatable bonds is 9. The highest BCUT2D eigenvalue weighted by atomic mass is 79.9. The van der Waals surface area contributed by atoms with E-state index in [9.17, 15) is 8.42 Å². The average Bonchev–Trinajstić information content (AvgIpc) is 2.58. The molecule has 2 aromatic carbocycles. The summed E-state index contributed by atoms with van der Waals surface area (Å²) in [5, 5.41) is 3.35. The zero-order chi connectivity index (χ0) is 18.3. The topological polar surface area (TPSA) is 46.2 Å². The molecule has 136 valence electrons. The molecule has 0 aromatic heterocycles. The van der Waals surface area contributed by atoms with Crippen LogP contribution in [0.25, 0.3) is 11.1 Å². The van der Waals surface area contributed by atoms with Gasteiger partial charge in [-0.25, -0.2) is 8.42 Å². The van der Waals surface area contributed by atoms with Gasteiger partial charge >= 0.3 is 0 Å². The summed E-state index contributed by atoms with van der Waals surface area (Å²) < 4.78 is 25.9. The Morgan fingerprint density at radius 3 is 2.00 bits per heavy atom. The van der Waals surface area contributed by atoms with E-state index in [4.69, 9.17) is 0 Å². The fourth-order valence-electron chi connectivity index (χ4n) is 2.60. The summed E-state index contributed by atoms with van der Waals surface area (Å²) in [5.74, 6) is 0.215. The average molecular weight is 424 g/mol. The number of sulfone groups is 1. The van der Waals surface area contributed by atoms with E-state index >= 15 is 0 Å². The van der Waals surface area contributed by atoms with Gasteiger partial charge < -0.3 is 5.32 Å². The molecule has 0 aliphatic heterocycles. The summed E-state index contributed by atoms with van der Waals surface area (Å²) in [7, 11) is -3.20. The Hall–Kier alpha value is -1.17. The Morgan fingerprint density at radius 2 is 1.44 bits per heavy atom. The highest BCUT2D eigenvalue weighted by Gasteiger charge is 2.14. The summed E-state index contributed by atoms with van der Waals surface area (Å²) in [4.78, 5) is 0.411. The van der Waals surface area contributed by atoms with Gasteiger partial charge in [-0.2, -0.15) is 0 Å². The molecule has 0 aliphatic rings. The summed E-state index contributed by atoms with van der Waals surface area (Å²) in [6, 6.07) is 15.7. The van der Waals surface area contributed by atoms with Crippen LogP contribution in [0.1, 0.15) is 33.1 Å². The van der Waals surface area contributed by atoms with E-state index < -0.39 is 9.84 Å². The number of halogens is 1. The quantitative estimate of drug-likeness (QED) is 0.573. The third-order valence-electron chi connectivity index (χ3n) is 4.03. The van der Waals surface area contributed by atoms with Crippen molar-refractivity contribution >= 4 is 25.8 Å². The minimum Gasteiger partial charge on any atom is -0.315 e. The lowest BCUT2D eigenvalue weighted by atomic mass is 10.1. The number of hydrogen-bond donors (Lipinski definition) is 1. The second-order valence-corrected chi connectivity index (χ2v) is 9.54. The van der Waals surface area contributed by atoms with Gasteiger partial charge in [0.2, 0.25) is 0 Å². The van der Waals surface area contributed by atoms with Crippen LogP contribution in [0.2, 0.25) is 0 Å². The molecule has 0 radical (unpaired) electrons. The lowest BCUT2D eigenvalue weighted by Crippen LogP contribution is -2.23.